The maximum atomic E-state index is 12.6. The van der Waals surface area contributed by atoms with E-state index in [-0.39, 0.29) is 10.9 Å². The summed E-state index contributed by atoms with van der Waals surface area (Å²) >= 11 is 0. The van der Waals surface area contributed by atoms with Gasteiger partial charge in [0, 0.05) is 19.6 Å². The van der Waals surface area contributed by atoms with Crippen molar-refractivity contribution in [2.75, 3.05) is 20.7 Å². The third-order valence-electron chi connectivity index (χ3n) is 3.19. The van der Waals surface area contributed by atoms with Crippen LogP contribution in [0.4, 0.5) is 0 Å². The molecule has 1 N–H and O–H groups in total. The van der Waals surface area contributed by atoms with E-state index in [1.54, 1.807) is 19.2 Å². The fraction of sp³-hybridized carbons (Fsp3) is 0.571. The summed E-state index contributed by atoms with van der Waals surface area (Å²) in [7, 11) is -0.488. The van der Waals surface area contributed by atoms with Gasteiger partial charge in [-0.05, 0) is 38.1 Å². The minimum absolute atomic E-state index is 0.109. The third-order valence-corrected chi connectivity index (χ3v) is 5.25. The molecule has 0 unspecified atom stereocenters. The smallest absolute Gasteiger partial charge is 0.246 e. The Morgan fingerprint density at radius 1 is 1.35 bits per heavy atom. The van der Waals surface area contributed by atoms with Crippen LogP contribution in [0.3, 0.4) is 0 Å². The summed E-state index contributed by atoms with van der Waals surface area (Å²) < 4.78 is 31.8. The average Bonchev–Trinajstić information content (AvgIpc) is 2.43. The quantitative estimate of drug-likeness (QED) is 0.834. The molecule has 0 aromatic heterocycles. The van der Waals surface area contributed by atoms with Gasteiger partial charge in [0.05, 0.1) is 7.11 Å². The van der Waals surface area contributed by atoms with E-state index in [1.807, 2.05) is 26.8 Å². The summed E-state index contributed by atoms with van der Waals surface area (Å²) in [5.41, 5.74) is 0.920. The molecule has 0 fully saturated rings. The van der Waals surface area contributed by atoms with Crippen molar-refractivity contribution in [2.45, 2.75) is 38.3 Å². The van der Waals surface area contributed by atoms with Gasteiger partial charge >= 0.3 is 0 Å². The lowest BCUT2D eigenvalue weighted by Gasteiger charge is -2.22. The summed E-state index contributed by atoms with van der Waals surface area (Å²) in [4.78, 5) is 0.214. The van der Waals surface area contributed by atoms with Crippen molar-refractivity contribution in [1.29, 1.82) is 0 Å². The first-order chi connectivity index (χ1) is 9.34. The zero-order valence-electron chi connectivity index (χ0n) is 12.8. The van der Waals surface area contributed by atoms with Crippen LogP contribution in [0.15, 0.2) is 23.1 Å². The molecule has 0 saturated carbocycles. The van der Waals surface area contributed by atoms with Crippen LogP contribution in [-0.4, -0.2) is 39.5 Å². The van der Waals surface area contributed by atoms with Crippen LogP contribution in [0.5, 0.6) is 5.75 Å². The minimum atomic E-state index is -3.55. The van der Waals surface area contributed by atoms with Crippen molar-refractivity contribution in [2.24, 2.45) is 0 Å². The number of nitrogens with one attached hydrogen (secondary N) is 1. The average molecular weight is 300 g/mol. The van der Waals surface area contributed by atoms with Gasteiger partial charge < -0.3 is 10.1 Å². The molecule has 114 valence electrons. The second-order valence-corrected chi connectivity index (χ2v) is 6.85. The molecule has 5 nitrogen and oxygen atoms in total. The van der Waals surface area contributed by atoms with Gasteiger partial charge in [-0.3, -0.25) is 0 Å². The molecule has 0 saturated heterocycles. The Morgan fingerprint density at radius 2 is 2.00 bits per heavy atom. The highest BCUT2D eigenvalue weighted by molar-refractivity contribution is 7.89. The monoisotopic (exact) mass is 300 g/mol. The molecule has 0 aliphatic heterocycles. The molecule has 6 heteroatoms. The third kappa shape index (κ3) is 3.71. The second-order valence-electron chi connectivity index (χ2n) is 4.88. The number of benzene rings is 1. The van der Waals surface area contributed by atoms with E-state index in [9.17, 15) is 8.42 Å². The molecule has 0 amide bonds. The van der Waals surface area contributed by atoms with E-state index in [4.69, 9.17) is 4.74 Å². The highest BCUT2D eigenvalue weighted by atomic mass is 32.2. The van der Waals surface area contributed by atoms with Gasteiger partial charge in [-0.2, -0.15) is 4.31 Å². The lowest BCUT2D eigenvalue weighted by atomic mass is 10.2. The largest absolute Gasteiger partial charge is 0.495 e. The van der Waals surface area contributed by atoms with Crippen molar-refractivity contribution in [1.82, 2.24) is 9.62 Å². The van der Waals surface area contributed by atoms with E-state index in [0.29, 0.717) is 12.3 Å². The fourth-order valence-electron chi connectivity index (χ4n) is 1.73. The maximum absolute atomic E-state index is 12.6. The lowest BCUT2D eigenvalue weighted by molar-refractivity contribution is 0.387. The molecular weight excluding hydrogens is 276 g/mol. The number of hydrogen-bond acceptors (Lipinski definition) is 4. The van der Waals surface area contributed by atoms with Crippen LogP contribution in [0, 0.1) is 0 Å². The molecular formula is C14H24N2O3S. The summed E-state index contributed by atoms with van der Waals surface area (Å²) in [5, 5.41) is 3.18. The van der Waals surface area contributed by atoms with Crippen LogP contribution >= 0.6 is 0 Å². The number of hydrogen-bond donors (Lipinski definition) is 1. The molecule has 0 radical (unpaired) electrons. The molecule has 1 aromatic rings. The maximum Gasteiger partial charge on any atom is 0.246 e. The Bertz CT molecular complexity index is 541. The zero-order valence-corrected chi connectivity index (χ0v) is 13.6. The van der Waals surface area contributed by atoms with Gasteiger partial charge in [0.1, 0.15) is 10.6 Å². The molecule has 0 aliphatic rings. The highest BCUT2D eigenvalue weighted by Crippen LogP contribution is 2.28. The Hall–Kier alpha value is -1.11. The van der Waals surface area contributed by atoms with E-state index in [2.05, 4.69) is 5.32 Å². The molecule has 0 atom stereocenters. The molecule has 0 bridgehead atoms. The zero-order chi connectivity index (χ0) is 15.3. The molecule has 1 rings (SSSR count). The van der Waals surface area contributed by atoms with Gasteiger partial charge in [-0.15, -0.1) is 0 Å². The van der Waals surface area contributed by atoms with Crippen LogP contribution in [0.1, 0.15) is 26.3 Å². The number of ether oxygens (including phenoxy) is 1. The van der Waals surface area contributed by atoms with Gasteiger partial charge in [-0.1, -0.05) is 13.0 Å². The summed E-state index contributed by atoms with van der Waals surface area (Å²) in [6.45, 7) is 7.15. The van der Waals surface area contributed by atoms with E-state index in [1.165, 1.54) is 11.4 Å². The minimum Gasteiger partial charge on any atom is -0.495 e. The predicted octanol–water partition coefficient (Wildman–Crippen LogP) is 1.83. The Labute approximate surface area is 122 Å². The van der Waals surface area contributed by atoms with Crippen molar-refractivity contribution in [3.63, 3.8) is 0 Å². The number of rotatable bonds is 7. The summed E-state index contributed by atoms with van der Waals surface area (Å²) in [6.07, 6.45) is 0. The molecule has 20 heavy (non-hydrogen) atoms. The molecule has 0 aliphatic carbocycles. The first kappa shape index (κ1) is 16.9. The highest BCUT2D eigenvalue weighted by Gasteiger charge is 2.26. The van der Waals surface area contributed by atoms with Gasteiger partial charge in [0.25, 0.3) is 0 Å². The van der Waals surface area contributed by atoms with Crippen LogP contribution in [-0.2, 0) is 16.6 Å². The van der Waals surface area contributed by atoms with E-state index < -0.39 is 10.0 Å². The predicted molar refractivity (Wildman–Crippen MR) is 80.5 cm³/mol. The standard InChI is InChI=1S/C14H24N2O3S/c1-6-15-10-12-7-8-13(19-5)14(9-12)20(17,18)16(4)11(2)3/h7-9,11,15H,6,10H2,1-5H3. The first-order valence-electron chi connectivity index (χ1n) is 6.70. The first-order valence-corrected chi connectivity index (χ1v) is 8.14. The summed E-state index contributed by atoms with van der Waals surface area (Å²) in [6, 6.07) is 5.14. The SMILES string of the molecule is CCNCc1ccc(OC)c(S(=O)(=O)N(C)C(C)C)c1. The number of sulfonamides is 1. The van der Waals surface area contributed by atoms with Crippen LogP contribution in [0.25, 0.3) is 0 Å². The molecule has 1 aromatic carbocycles. The van der Waals surface area contributed by atoms with E-state index >= 15 is 0 Å². The van der Waals surface area contributed by atoms with Gasteiger partial charge in [-0.25, -0.2) is 8.42 Å². The van der Waals surface area contributed by atoms with Crippen molar-refractivity contribution in [3.8, 4) is 5.75 Å². The van der Waals surface area contributed by atoms with Crippen molar-refractivity contribution >= 4 is 10.0 Å². The summed E-state index contributed by atoms with van der Waals surface area (Å²) in [5.74, 6) is 0.373. The Balaban J connectivity index is 3.26. The van der Waals surface area contributed by atoms with Crippen molar-refractivity contribution in [3.05, 3.63) is 23.8 Å². The molecule has 0 spiro atoms. The van der Waals surface area contributed by atoms with Crippen LogP contribution < -0.4 is 10.1 Å². The topological polar surface area (TPSA) is 58.6 Å². The molecule has 0 heterocycles. The Morgan fingerprint density at radius 3 is 2.50 bits per heavy atom. The number of methoxy groups -OCH3 is 1. The normalized spacial score (nSPS) is 12.2. The lowest BCUT2D eigenvalue weighted by Crippen LogP contribution is -2.33. The van der Waals surface area contributed by atoms with Crippen molar-refractivity contribution < 1.29 is 13.2 Å². The second kappa shape index (κ2) is 7.06. The fourth-order valence-corrected chi connectivity index (χ4v) is 3.31. The van der Waals surface area contributed by atoms with E-state index in [0.717, 1.165) is 12.1 Å². The Kier molecular flexibility index (Phi) is 5.98. The number of nitrogens with zero attached hydrogens (tertiary/aromatic N) is 1. The van der Waals surface area contributed by atoms with Gasteiger partial charge in [0.2, 0.25) is 10.0 Å². The van der Waals surface area contributed by atoms with Crippen LogP contribution in [0.2, 0.25) is 0 Å². The van der Waals surface area contributed by atoms with Gasteiger partial charge in [0.15, 0.2) is 0 Å².